The van der Waals surface area contributed by atoms with Crippen molar-refractivity contribution in [3.8, 4) is 11.3 Å². The van der Waals surface area contributed by atoms with Crippen molar-refractivity contribution in [3.05, 3.63) is 76.5 Å². The largest absolute Gasteiger partial charge is 0.459 e. The Morgan fingerprint density at radius 3 is 2.52 bits per heavy atom. The lowest BCUT2D eigenvalue weighted by Gasteiger charge is -2.16. The van der Waals surface area contributed by atoms with E-state index in [1.165, 1.54) is 6.92 Å². The summed E-state index contributed by atoms with van der Waals surface area (Å²) in [6.45, 7) is 1.78. The van der Waals surface area contributed by atoms with Crippen LogP contribution >= 0.6 is 15.9 Å². The summed E-state index contributed by atoms with van der Waals surface area (Å²) in [5.41, 5.74) is 2.07. The van der Waals surface area contributed by atoms with Crippen molar-refractivity contribution in [1.82, 2.24) is 4.90 Å². The number of hydrogen-bond acceptors (Lipinski definition) is 3. The molecule has 0 unspecified atom stereocenters. The summed E-state index contributed by atoms with van der Waals surface area (Å²) in [6.07, 6.45) is 0. The highest BCUT2D eigenvalue weighted by molar-refractivity contribution is 9.10. The number of amides is 2. The molecule has 0 spiro atoms. The van der Waals surface area contributed by atoms with E-state index in [0.29, 0.717) is 23.6 Å². The summed E-state index contributed by atoms with van der Waals surface area (Å²) < 4.78 is 6.88. The molecule has 0 bridgehead atoms. The predicted molar refractivity (Wildman–Crippen MR) is 108 cm³/mol. The molecule has 0 atom stereocenters. The molecule has 0 saturated heterocycles. The minimum Gasteiger partial charge on any atom is -0.459 e. The van der Waals surface area contributed by atoms with Crippen molar-refractivity contribution >= 4 is 33.4 Å². The Morgan fingerprint density at radius 2 is 1.81 bits per heavy atom. The average Bonchev–Trinajstić information content (AvgIpc) is 3.09. The smallest absolute Gasteiger partial charge is 0.254 e. The highest BCUT2D eigenvalue weighted by Crippen LogP contribution is 2.24. The lowest BCUT2D eigenvalue weighted by atomic mass is 10.1. The maximum atomic E-state index is 12.7. The van der Waals surface area contributed by atoms with Gasteiger partial charge in [-0.2, -0.15) is 0 Å². The van der Waals surface area contributed by atoms with Crippen LogP contribution in [0.1, 0.15) is 23.0 Å². The van der Waals surface area contributed by atoms with Gasteiger partial charge in [0.25, 0.3) is 5.91 Å². The van der Waals surface area contributed by atoms with E-state index in [4.69, 9.17) is 4.42 Å². The quantitative estimate of drug-likeness (QED) is 0.628. The van der Waals surface area contributed by atoms with Crippen LogP contribution in [0.25, 0.3) is 11.3 Å². The maximum absolute atomic E-state index is 12.7. The van der Waals surface area contributed by atoms with Crippen molar-refractivity contribution in [3.63, 3.8) is 0 Å². The van der Waals surface area contributed by atoms with E-state index in [9.17, 15) is 9.59 Å². The van der Waals surface area contributed by atoms with Gasteiger partial charge in [0.05, 0.1) is 6.54 Å². The number of furan rings is 1. The van der Waals surface area contributed by atoms with Crippen molar-refractivity contribution in [2.45, 2.75) is 13.5 Å². The van der Waals surface area contributed by atoms with Crippen LogP contribution in [0.3, 0.4) is 0 Å². The zero-order chi connectivity index (χ0) is 19.4. The first-order valence-electron chi connectivity index (χ1n) is 8.40. The van der Waals surface area contributed by atoms with Gasteiger partial charge in [0.1, 0.15) is 11.5 Å². The molecular weight excluding hydrogens is 408 g/mol. The number of carbonyl (C=O) groups excluding carboxylic acids is 2. The predicted octanol–water partition coefficient (Wildman–Crippen LogP) is 4.94. The standard InChI is InChI=1S/C21H19BrN2O3/c1-14(25)23-18-5-3-4-16(12-18)21(26)24(2)13-19-10-11-20(27-19)15-6-8-17(22)9-7-15/h3-12H,13H2,1-2H3,(H,23,25). The molecule has 0 radical (unpaired) electrons. The molecule has 0 saturated carbocycles. The molecule has 138 valence electrons. The Bertz CT molecular complexity index is 964. The van der Waals surface area contributed by atoms with Gasteiger partial charge in [-0.15, -0.1) is 0 Å². The number of hydrogen-bond donors (Lipinski definition) is 1. The van der Waals surface area contributed by atoms with E-state index in [2.05, 4.69) is 21.2 Å². The van der Waals surface area contributed by atoms with Crippen molar-refractivity contribution in [2.75, 3.05) is 12.4 Å². The van der Waals surface area contributed by atoms with Crippen LogP contribution in [-0.2, 0) is 11.3 Å². The third kappa shape index (κ3) is 4.86. The summed E-state index contributed by atoms with van der Waals surface area (Å²) in [7, 11) is 1.72. The Labute approximate surface area is 166 Å². The second-order valence-corrected chi connectivity index (χ2v) is 7.11. The van der Waals surface area contributed by atoms with Gasteiger partial charge in [-0.25, -0.2) is 0 Å². The molecule has 0 aliphatic rings. The fraction of sp³-hybridized carbons (Fsp3) is 0.143. The molecule has 2 aromatic carbocycles. The van der Waals surface area contributed by atoms with E-state index in [0.717, 1.165) is 15.8 Å². The molecule has 3 rings (SSSR count). The van der Waals surface area contributed by atoms with Crippen LogP contribution in [0, 0.1) is 0 Å². The van der Waals surface area contributed by atoms with Gasteiger partial charge in [-0.1, -0.05) is 34.1 Å². The number of rotatable bonds is 5. The molecule has 0 fully saturated rings. The molecule has 1 N–H and O–H groups in total. The number of nitrogens with zero attached hydrogens (tertiary/aromatic N) is 1. The van der Waals surface area contributed by atoms with Crippen LogP contribution in [0.5, 0.6) is 0 Å². The average molecular weight is 427 g/mol. The fourth-order valence-electron chi connectivity index (χ4n) is 2.69. The Balaban J connectivity index is 1.70. The fourth-order valence-corrected chi connectivity index (χ4v) is 2.96. The van der Waals surface area contributed by atoms with Crippen LogP contribution < -0.4 is 5.32 Å². The first kappa shape index (κ1) is 18.9. The molecule has 0 aliphatic carbocycles. The van der Waals surface area contributed by atoms with E-state index < -0.39 is 0 Å². The van der Waals surface area contributed by atoms with Gasteiger partial charge >= 0.3 is 0 Å². The second-order valence-electron chi connectivity index (χ2n) is 6.20. The zero-order valence-electron chi connectivity index (χ0n) is 15.0. The van der Waals surface area contributed by atoms with Crippen molar-refractivity contribution in [2.24, 2.45) is 0 Å². The Kier molecular flexibility index (Phi) is 5.76. The van der Waals surface area contributed by atoms with E-state index in [-0.39, 0.29) is 11.8 Å². The number of halogens is 1. The Morgan fingerprint density at radius 1 is 1.07 bits per heavy atom. The van der Waals surface area contributed by atoms with E-state index >= 15 is 0 Å². The molecule has 0 aliphatic heterocycles. The number of anilines is 1. The van der Waals surface area contributed by atoms with E-state index in [1.54, 1.807) is 36.2 Å². The summed E-state index contributed by atoms with van der Waals surface area (Å²) in [5.74, 6) is 1.13. The molecule has 6 heteroatoms. The van der Waals surface area contributed by atoms with Gasteiger partial charge in [0.2, 0.25) is 5.91 Å². The first-order valence-corrected chi connectivity index (χ1v) is 9.19. The highest BCUT2D eigenvalue weighted by Gasteiger charge is 2.15. The van der Waals surface area contributed by atoms with Crippen LogP contribution in [0.2, 0.25) is 0 Å². The molecule has 2 amide bonds. The molecule has 1 heterocycles. The minimum absolute atomic E-state index is 0.149. The Hall–Kier alpha value is -2.86. The van der Waals surface area contributed by atoms with Gasteiger partial charge in [0, 0.05) is 35.3 Å². The third-order valence-electron chi connectivity index (χ3n) is 3.96. The van der Waals surface area contributed by atoms with Crippen LogP contribution in [0.15, 0.2) is 69.6 Å². The summed E-state index contributed by atoms with van der Waals surface area (Å²) in [4.78, 5) is 25.4. The van der Waals surface area contributed by atoms with E-state index in [1.807, 2.05) is 36.4 Å². The van der Waals surface area contributed by atoms with Crippen molar-refractivity contribution in [1.29, 1.82) is 0 Å². The lowest BCUT2D eigenvalue weighted by Crippen LogP contribution is -2.26. The zero-order valence-corrected chi connectivity index (χ0v) is 16.6. The summed E-state index contributed by atoms with van der Waals surface area (Å²) >= 11 is 3.41. The normalized spacial score (nSPS) is 10.5. The second kappa shape index (κ2) is 8.22. The van der Waals surface area contributed by atoms with Gasteiger partial charge in [-0.3, -0.25) is 9.59 Å². The topological polar surface area (TPSA) is 62.6 Å². The molecule has 3 aromatic rings. The highest BCUT2D eigenvalue weighted by atomic mass is 79.9. The molecule has 27 heavy (non-hydrogen) atoms. The molecular formula is C21H19BrN2O3. The van der Waals surface area contributed by atoms with Gasteiger partial charge in [-0.05, 0) is 42.5 Å². The third-order valence-corrected chi connectivity index (χ3v) is 4.49. The monoisotopic (exact) mass is 426 g/mol. The first-order chi connectivity index (χ1) is 12.9. The SMILES string of the molecule is CC(=O)Nc1cccc(C(=O)N(C)Cc2ccc(-c3ccc(Br)cc3)o2)c1. The van der Waals surface area contributed by atoms with Gasteiger partial charge in [0.15, 0.2) is 0 Å². The lowest BCUT2D eigenvalue weighted by molar-refractivity contribution is -0.114. The summed E-state index contributed by atoms with van der Waals surface area (Å²) in [6, 6.07) is 18.5. The molecule has 5 nitrogen and oxygen atoms in total. The minimum atomic E-state index is -0.177. The summed E-state index contributed by atoms with van der Waals surface area (Å²) in [5, 5.41) is 2.68. The number of carbonyl (C=O) groups is 2. The number of nitrogens with one attached hydrogen (secondary N) is 1. The van der Waals surface area contributed by atoms with Crippen molar-refractivity contribution < 1.29 is 14.0 Å². The van der Waals surface area contributed by atoms with Crippen LogP contribution in [0.4, 0.5) is 5.69 Å². The van der Waals surface area contributed by atoms with Crippen LogP contribution in [-0.4, -0.2) is 23.8 Å². The van der Waals surface area contributed by atoms with Gasteiger partial charge < -0.3 is 14.6 Å². The maximum Gasteiger partial charge on any atom is 0.254 e. The molecule has 1 aromatic heterocycles. The number of benzene rings is 2.